The Morgan fingerprint density at radius 1 is 0.360 bits per heavy atom. The van der Waals surface area contributed by atoms with Crippen molar-refractivity contribution in [2.45, 2.75) is 5.41 Å². The lowest BCUT2D eigenvalue weighted by atomic mass is 9.66. The minimum atomic E-state index is -0.574. The van der Waals surface area contributed by atoms with Crippen LogP contribution in [0.3, 0.4) is 0 Å². The van der Waals surface area contributed by atoms with Crippen LogP contribution in [0.15, 0.2) is 170 Å². The molecule has 2 aromatic heterocycles. The van der Waals surface area contributed by atoms with E-state index in [1.165, 1.54) is 16.7 Å². The van der Waals surface area contributed by atoms with Crippen LogP contribution >= 0.6 is 0 Å². The lowest BCUT2D eigenvalue weighted by Gasteiger charge is -2.39. The third kappa shape index (κ3) is 4.27. The summed E-state index contributed by atoms with van der Waals surface area (Å²) < 4.78 is 6.56. The van der Waals surface area contributed by atoms with Crippen LogP contribution in [-0.2, 0) is 5.41 Å². The second kappa shape index (κ2) is 11.2. The summed E-state index contributed by atoms with van der Waals surface area (Å²) in [4.78, 5) is 19.3. The molecule has 234 valence electrons. The van der Waals surface area contributed by atoms with Gasteiger partial charge in [0.05, 0.1) is 5.41 Å². The van der Waals surface area contributed by atoms with Crippen molar-refractivity contribution < 1.29 is 4.74 Å². The Morgan fingerprint density at radius 2 is 0.820 bits per heavy atom. The average Bonchev–Trinajstić information content (AvgIpc) is 3.48. The maximum atomic E-state index is 6.56. The molecule has 8 aromatic rings. The molecule has 0 radical (unpaired) electrons. The van der Waals surface area contributed by atoms with Crippen molar-refractivity contribution in [3.8, 4) is 67.9 Å². The molecule has 0 unspecified atom stereocenters. The number of hydrogen-bond donors (Lipinski definition) is 0. The van der Waals surface area contributed by atoms with Gasteiger partial charge >= 0.3 is 0 Å². The molecule has 0 fully saturated rings. The Bertz CT molecular complexity index is 2470. The first-order valence-electron chi connectivity index (χ1n) is 16.7. The predicted octanol–water partition coefficient (Wildman–Crippen LogP) is 10.4. The van der Waals surface area contributed by atoms with E-state index in [0.29, 0.717) is 17.5 Å². The van der Waals surface area contributed by atoms with Gasteiger partial charge in [-0.1, -0.05) is 121 Å². The Morgan fingerprint density at radius 3 is 1.38 bits per heavy atom. The van der Waals surface area contributed by atoms with Crippen LogP contribution in [0.25, 0.3) is 56.4 Å². The highest BCUT2D eigenvalue weighted by Gasteiger charge is 2.51. The molecule has 0 amide bonds. The van der Waals surface area contributed by atoms with Crippen LogP contribution in [-0.4, -0.2) is 19.9 Å². The van der Waals surface area contributed by atoms with E-state index in [9.17, 15) is 0 Å². The van der Waals surface area contributed by atoms with Gasteiger partial charge in [-0.15, -0.1) is 0 Å². The average molecular weight is 641 g/mol. The second-order valence-electron chi connectivity index (χ2n) is 12.6. The zero-order chi connectivity index (χ0) is 33.1. The third-order valence-electron chi connectivity index (χ3n) is 9.91. The smallest absolute Gasteiger partial charge is 0.164 e. The van der Waals surface area contributed by atoms with Crippen LogP contribution in [0.1, 0.15) is 22.3 Å². The highest BCUT2D eigenvalue weighted by atomic mass is 16.5. The topological polar surface area (TPSA) is 60.8 Å². The van der Waals surface area contributed by atoms with E-state index in [0.717, 1.165) is 56.0 Å². The lowest BCUT2D eigenvalue weighted by Crippen LogP contribution is -2.32. The molecule has 0 saturated heterocycles. The summed E-state index contributed by atoms with van der Waals surface area (Å²) in [6.07, 6.45) is 3.69. The fraction of sp³-hybridized carbons (Fsp3) is 0.0222. The van der Waals surface area contributed by atoms with E-state index < -0.39 is 5.41 Å². The van der Waals surface area contributed by atoms with Crippen molar-refractivity contribution in [1.82, 2.24) is 19.9 Å². The van der Waals surface area contributed by atoms with Gasteiger partial charge in [0.25, 0.3) is 0 Å². The Balaban J connectivity index is 1.25. The number of benzene rings is 6. The molecule has 3 heterocycles. The molecular formula is C45H28N4O. The molecule has 1 aliphatic heterocycles. The number of ether oxygens (including phenoxy) is 1. The Labute approximate surface area is 289 Å². The third-order valence-corrected chi connectivity index (χ3v) is 9.91. The van der Waals surface area contributed by atoms with Crippen LogP contribution in [0.2, 0.25) is 0 Å². The lowest BCUT2D eigenvalue weighted by molar-refractivity contribution is 0.436. The van der Waals surface area contributed by atoms with Crippen molar-refractivity contribution >= 4 is 0 Å². The number of para-hydroxylation sites is 2. The molecule has 0 saturated carbocycles. The summed E-state index contributed by atoms with van der Waals surface area (Å²) in [5, 5.41) is 0. The van der Waals surface area contributed by atoms with Crippen LogP contribution in [0.5, 0.6) is 11.5 Å². The molecule has 5 nitrogen and oxygen atoms in total. The van der Waals surface area contributed by atoms with Gasteiger partial charge in [-0.05, 0) is 69.8 Å². The van der Waals surface area contributed by atoms with Crippen LogP contribution in [0, 0.1) is 0 Å². The zero-order valence-corrected chi connectivity index (χ0v) is 26.9. The Kier molecular flexibility index (Phi) is 6.33. The first kappa shape index (κ1) is 28.3. The molecule has 50 heavy (non-hydrogen) atoms. The predicted molar refractivity (Wildman–Crippen MR) is 197 cm³/mol. The van der Waals surface area contributed by atoms with Gasteiger partial charge in [0, 0.05) is 40.2 Å². The van der Waals surface area contributed by atoms with Crippen molar-refractivity contribution in [2.24, 2.45) is 0 Å². The standard InChI is InChI=1S/C45H28N4O/c1-3-11-30(12-4-1)42-47-43(31-13-5-2-6-14-31)49-44(48-42)33-20-22-37-35(28-33)34-27-32(29-23-25-46-26-24-29)19-21-36(34)45(37)38-15-7-9-17-40(38)50-41-18-10-8-16-39(41)45/h1-28H. The Hall–Kier alpha value is -6.72. The highest BCUT2D eigenvalue weighted by molar-refractivity contribution is 5.92. The van der Waals surface area contributed by atoms with Crippen LogP contribution in [0.4, 0.5) is 0 Å². The highest BCUT2D eigenvalue weighted by Crippen LogP contribution is 2.62. The second-order valence-corrected chi connectivity index (χ2v) is 12.6. The number of hydrogen-bond acceptors (Lipinski definition) is 5. The van der Waals surface area contributed by atoms with Crippen molar-refractivity contribution in [3.63, 3.8) is 0 Å². The summed E-state index contributed by atoms with van der Waals surface area (Å²) >= 11 is 0. The molecule has 6 aromatic carbocycles. The maximum Gasteiger partial charge on any atom is 0.164 e. The number of fused-ring (bicyclic) bond motifs is 9. The SMILES string of the molecule is c1ccc(-c2nc(-c3ccccc3)nc(-c3ccc4c(c3)-c3cc(-c5ccncc5)ccc3C43c4ccccc4Oc4ccccc43)n2)cc1. The molecule has 2 aliphatic rings. The van der Waals surface area contributed by atoms with Gasteiger partial charge in [-0.25, -0.2) is 15.0 Å². The van der Waals surface area contributed by atoms with Gasteiger partial charge in [-0.3, -0.25) is 4.98 Å². The van der Waals surface area contributed by atoms with Crippen LogP contribution < -0.4 is 4.74 Å². The zero-order valence-electron chi connectivity index (χ0n) is 26.9. The van der Waals surface area contributed by atoms with Gasteiger partial charge in [0.2, 0.25) is 0 Å². The first-order chi connectivity index (χ1) is 24.8. The van der Waals surface area contributed by atoms with Gasteiger partial charge in [0.15, 0.2) is 17.5 Å². The van der Waals surface area contributed by atoms with E-state index in [-0.39, 0.29) is 0 Å². The van der Waals surface area contributed by atoms with E-state index in [1.807, 2.05) is 85.2 Å². The largest absolute Gasteiger partial charge is 0.457 e. The molecule has 10 rings (SSSR count). The number of pyridine rings is 1. The molecular weight excluding hydrogens is 613 g/mol. The fourth-order valence-electron chi connectivity index (χ4n) is 7.71. The van der Waals surface area contributed by atoms with Crippen molar-refractivity contribution in [3.05, 3.63) is 192 Å². The summed E-state index contributed by atoms with van der Waals surface area (Å²) in [5.74, 6) is 3.63. The molecule has 1 aliphatic carbocycles. The van der Waals surface area contributed by atoms with Gasteiger partial charge in [-0.2, -0.15) is 0 Å². The van der Waals surface area contributed by atoms with Crippen molar-refractivity contribution in [2.75, 3.05) is 0 Å². The number of nitrogens with zero attached hydrogens (tertiary/aromatic N) is 4. The normalized spacial score (nSPS) is 13.1. The summed E-state index contributed by atoms with van der Waals surface area (Å²) in [6.45, 7) is 0. The van der Waals surface area contributed by atoms with Crippen molar-refractivity contribution in [1.29, 1.82) is 0 Å². The summed E-state index contributed by atoms with van der Waals surface area (Å²) in [5.41, 5.74) is 11.5. The summed E-state index contributed by atoms with van der Waals surface area (Å²) in [6, 6.07) is 54.7. The molecule has 0 atom stereocenters. The molecule has 5 heteroatoms. The van der Waals surface area contributed by atoms with E-state index >= 15 is 0 Å². The van der Waals surface area contributed by atoms with Gasteiger partial charge in [0.1, 0.15) is 11.5 Å². The quantitative estimate of drug-likeness (QED) is 0.192. The summed E-state index contributed by atoms with van der Waals surface area (Å²) in [7, 11) is 0. The fourth-order valence-corrected chi connectivity index (χ4v) is 7.71. The minimum absolute atomic E-state index is 0.574. The van der Waals surface area contributed by atoms with E-state index in [4.69, 9.17) is 19.7 Å². The van der Waals surface area contributed by atoms with E-state index in [1.54, 1.807) is 0 Å². The molecule has 0 bridgehead atoms. The number of aromatic nitrogens is 4. The van der Waals surface area contributed by atoms with E-state index in [2.05, 4.69) is 89.9 Å². The monoisotopic (exact) mass is 640 g/mol. The minimum Gasteiger partial charge on any atom is -0.457 e. The maximum absolute atomic E-state index is 6.56. The molecule has 0 N–H and O–H groups in total. The first-order valence-corrected chi connectivity index (χ1v) is 16.7. The molecule has 1 spiro atoms. The number of rotatable bonds is 4. The van der Waals surface area contributed by atoms with Gasteiger partial charge < -0.3 is 4.74 Å².